The van der Waals surface area contributed by atoms with E-state index in [9.17, 15) is 13.2 Å². The molecule has 0 aliphatic rings. The third-order valence-corrected chi connectivity index (χ3v) is 4.05. The third kappa shape index (κ3) is 11.5. The van der Waals surface area contributed by atoms with Crippen molar-refractivity contribution in [2.24, 2.45) is 5.92 Å². The number of hydrogen-bond acceptors (Lipinski definition) is 4. The maximum absolute atomic E-state index is 11.8. The van der Waals surface area contributed by atoms with Crippen LogP contribution in [0.1, 0.15) is 54.4 Å². The van der Waals surface area contributed by atoms with Crippen LogP contribution in [0.4, 0.5) is 4.79 Å². The summed E-state index contributed by atoms with van der Waals surface area (Å²) in [5.74, 6) is 0.425. The third-order valence-electron chi connectivity index (χ3n) is 2.50. The lowest BCUT2D eigenvalue weighted by Crippen LogP contribution is -2.46. The highest BCUT2D eigenvalue weighted by molar-refractivity contribution is 7.89. The summed E-state index contributed by atoms with van der Waals surface area (Å²) in [6.07, 6.45) is 0.709. The van der Waals surface area contributed by atoms with Gasteiger partial charge in [0.1, 0.15) is 5.60 Å². The molecule has 21 heavy (non-hydrogen) atoms. The number of ether oxygens (including phenoxy) is 1. The molecule has 0 aliphatic heterocycles. The average Bonchev–Trinajstić information content (AvgIpc) is 2.22. The zero-order valence-electron chi connectivity index (χ0n) is 14.0. The van der Waals surface area contributed by atoms with E-state index in [-0.39, 0.29) is 18.3 Å². The summed E-state index contributed by atoms with van der Waals surface area (Å²) in [5.41, 5.74) is -0.575. The molecule has 2 N–H and O–H groups in total. The van der Waals surface area contributed by atoms with Crippen molar-refractivity contribution in [1.29, 1.82) is 0 Å². The van der Waals surface area contributed by atoms with Crippen molar-refractivity contribution in [3.8, 4) is 0 Å². The Bertz CT molecular complexity index is 413. The molecule has 1 amide bonds. The number of hydrogen-bond donors (Lipinski definition) is 2. The molecule has 0 saturated heterocycles. The first-order chi connectivity index (χ1) is 9.45. The maximum Gasteiger partial charge on any atom is 0.407 e. The van der Waals surface area contributed by atoms with Crippen molar-refractivity contribution < 1.29 is 17.9 Å². The Balaban J connectivity index is 4.56. The van der Waals surface area contributed by atoms with Gasteiger partial charge in [-0.05, 0) is 39.5 Å². The van der Waals surface area contributed by atoms with E-state index in [4.69, 9.17) is 4.74 Å². The summed E-state index contributed by atoms with van der Waals surface area (Å²) >= 11 is 0. The Morgan fingerprint density at radius 1 is 1.24 bits per heavy atom. The van der Waals surface area contributed by atoms with Crippen LogP contribution in [0, 0.1) is 5.92 Å². The van der Waals surface area contributed by atoms with Gasteiger partial charge in [0.2, 0.25) is 10.0 Å². The fourth-order valence-electron chi connectivity index (χ4n) is 1.81. The zero-order valence-corrected chi connectivity index (χ0v) is 14.8. The summed E-state index contributed by atoms with van der Waals surface area (Å²) in [4.78, 5) is 11.8. The molecule has 0 aliphatic carbocycles. The fourth-order valence-corrected chi connectivity index (χ4v) is 2.94. The second kappa shape index (κ2) is 8.58. The Kier molecular flexibility index (Phi) is 8.25. The number of alkyl carbamates (subject to hydrolysis) is 1. The Morgan fingerprint density at radius 3 is 2.24 bits per heavy atom. The molecule has 0 heterocycles. The van der Waals surface area contributed by atoms with E-state index in [1.165, 1.54) is 0 Å². The molecule has 0 bridgehead atoms. The van der Waals surface area contributed by atoms with Crippen molar-refractivity contribution in [1.82, 2.24) is 10.0 Å². The van der Waals surface area contributed by atoms with E-state index in [1.807, 2.05) is 20.8 Å². The van der Waals surface area contributed by atoms with E-state index >= 15 is 0 Å². The summed E-state index contributed by atoms with van der Waals surface area (Å²) in [7, 11) is -3.28. The summed E-state index contributed by atoms with van der Waals surface area (Å²) in [5, 5.41) is 2.73. The molecular formula is C14H30N2O4S. The second-order valence-electron chi connectivity index (χ2n) is 6.64. The van der Waals surface area contributed by atoms with Crippen LogP contribution in [0.15, 0.2) is 0 Å². The standard InChI is InChI=1S/C14H30N2O4S/c1-7-8-21(18,19)15-10-12(9-11(2)3)16-13(17)20-14(4,5)6/h11-12,15H,7-10H2,1-6H3,(H,16,17)/t12-/m0/s1. The van der Waals surface area contributed by atoms with Gasteiger partial charge in [-0.15, -0.1) is 0 Å². The fraction of sp³-hybridized carbons (Fsp3) is 0.929. The first kappa shape index (κ1) is 20.2. The van der Waals surface area contributed by atoms with Gasteiger partial charge in [0.25, 0.3) is 0 Å². The smallest absolute Gasteiger partial charge is 0.407 e. The summed E-state index contributed by atoms with van der Waals surface area (Å²) in [6, 6.07) is -0.286. The van der Waals surface area contributed by atoms with Gasteiger partial charge >= 0.3 is 6.09 Å². The number of rotatable bonds is 8. The summed E-state index contributed by atoms with van der Waals surface area (Å²) < 4.78 is 31.1. The normalized spacial score (nSPS) is 14.0. The van der Waals surface area contributed by atoms with E-state index in [1.54, 1.807) is 20.8 Å². The van der Waals surface area contributed by atoms with Crippen molar-refractivity contribution in [3.05, 3.63) is 0 Å². The summed E-state index contributed by atoms with van der Waals surface area (Å²) in [6.45, 7) is 11.4. The number of sulfonamides is 1. The van der Waals surface area contributed by atoms with Crippen LogP contribution in [0.25, 0.3) is 0 Å². The van der Waals surface area contributed by atoms with Gasteiger partial charge < -0.3 is 10.1 Å². The van der Waals surface area contributed by atoms with Gasteiger partial charge in [0.15, 0.2) is 0 Å². The largest absolute Gasteiger partial charge is 0.444 e. The molecule has 0 aromatic heterocycles. The van der Waals surface area contributed by atoms with Crippen LogP contribution in [-0.4, -0.2) is 38.5 Å². The highest BCUT2D eigenvalue weighted by Crippen LogP contribution is 2.09. The van der Waals surface area contributed by atoms with Gasteiger partial charge in [-0.2, -0.15) is 0 Å². The molecule has 1 atom stereocenters. The van der Waals surface area contributed by atoms with Crippen LogP contribution in [0.2, 0.25) is 0 Å². The van der Waals surface area contributed by atoms with Crippen molar-refractivity contribution in [2.75, 3.05) is 12.3 Å². The van der Waals surface area contributed by atoms with E-state index < -0.39 is 21.7 Å². The van der Waals surface area contributed by atoms with Crippen LogP contribution < -0.4 is 10.0 Å². The predicted molar refractivity (Wildman–Crippen MR) is 84.7 cm³/mol. The average molecular weight is 322 g/mol. The molecule has 0 unspecified atom stereocenters. The molecule has 126 valence electrons. The minimum atomic E-state index is -3.28. The van der Waals surface area contributed by atoms with Crippen LogP contribution in [0.3, 0.4) is 0 Å². The van der Waals surface area contributed by atoms with Crippen LogP contribution >= 0.6 is 0 Å². The first-order valence-electron chi connectivity index (χ1n) is 7.42. The lowest BCUT2D eigenvalue weighted by atomic mass is 10.0. The van der Waals surface area contributed by atoms with Crippen LogP contribution in [-0.2, 0) is 14.8 Å². The lowest BCUT2D eigenvalue weighted by Gasteiger charge is -2.24. The quantitative estimate of drug-likeness (QED) is 0.718. The van der Waals surface area contributed by atoms with Gasteiger partial charge in [-0.1, -0.05) is 20.8 Å². The molecule has 0 aromatic carbocycles. The molecule has 0 rings (SSSR count). The topological polar surface area (TPSA) is 84.5 Å². The molecule has 0 radical (unpaired) electrons. The monoisotopic (exact) mass is 322 g/mol. The zero-order chi connectivity index (χ0) is 16.7. The predicted octanol–water partition coefficient (Wildman–Crippen LogP) is 2.26. The van der Waals surface area contributed by atoms with Gasteiger partial charge in [0, 0.05) is 12.6 Å². The van der Waals surface area contributed by atoms with Crippen molar-refractivity contribution in [2.45, 2.75) is 66.0 Å². The Hall–Kier alpha value is -0.820. The molecular weight excluding hydrogens is 292 g/mol. The van der Waals surface area contributed by atoms with Gasteiger partial charge in [-0.3, -0.25) is 0 Å². The van der Waals surface area contributed by atoms with E-state index in [0.717, 1.165) is 0 Å². The maximum atomic E-state index is 11.8. The van der Waals surface area contributed by atoms with Crippen LogP contribution in [0.5, 0.6) is 0 Å². The molecule has 0 fully saturated rings. The first-order valence-corrected chi connectivity index (χ1v) is 9.07. The van der Waals surface area contributed by atoms with Crippen molar-refractivity contribution in [3.63, 3.8) is 0 Å². The molecule has 0 spiro atoms. The highest BCUT2D eigenvalue weighted by Gasteiger charge is 2.21. The second-order valence-corrected chi connectivity index (χ2v) is 8.57. The minimum Gasteiger partial charge on any atom is -0.444 e. The molecule has 0 aromatic rings. The molecule has 0 saturated carbocycles. The number of amides is 1. The minimum absolute atomic E-state index is 0.0911. The lowest BCUT2D eigenvalue weighted by molar-refractivity contribution is 0.0499. The molecule has 7 heteroatoms. The number of carbonyl (C=O) groups is 1. The van der Waals surface area contributed by atoms with Gasteiger partial charge in [-0.25, -0.2) is 17.9 Å². The van der Waals surface area contributed by atoms with E-state index in [2.05, 4.69) is 10.0 Å². The number of nitrogens with one attached hydrogen (secondary N) is 2. The van der Waals surface area contributed by atoms with Gasteiger partial charge in [0.05, 0.1) is 5.75 Å². The van der Waals surface area contributed by atoms with Crippen molar-refractivity contribution >= 4 is 16.1 Å². The van der Waals surface area contributed by atoms with E-state index in [0.29, 0.717) is 18.8 Å². The Labute approximate surface area is 129 Å². The Morgan fingerprint density at radius 2 is 1.81 bits per heavy atom. The SMILES string of the molecule is CCCS(=O)(=O)NC[C@H](CC(C)C)NC(=O)OC(C)(C)C. The molecule has 6 nitrogen and oxygen atoms in total. The number of carbonyl (C=O) groups excluding carboxylic acids is 1. The highest BCUT2D eigenvalue weighted by atomic mass is 32.2.